The highest BCUT2D eigenvalue weighted by molar-refractivity contribution is 6.09. The van der Waals surface area contributed by atoms with E-state index in [1.54, 1.807) is 33.5 Å². The fourth-order valence-corrected chi connectivity index (χ4v) is 6.39. The van der Waals surface area contributed by atoms with Crippen LogP contribution in [-0.4, -0.2) is 33.2 Å². The topological polar surface area (TPSA) is 66.4 Å². The molecule has 0 amide bonds. The lowest BCUT2D eigenvalue weighted by Gasteiger charge is -2.55. The van der Waals surface area contributed by atoms with E-state index in [2.05, 4.69) is 0 Å². The maximum absolute atomic E-state index is 12.7. The van der Waals surface area contributed by atoms with Gasteiger partial charge in [0.1, 0.15) is 0 Å². The van der Waals surface area contributed by atoms with E-state index in [-0.39, 0.29) is 11.4 Å². The van der Waals surface area contributed by atoms with Gasteiger partial charge in [-0.25, -0.2) is 9.79 Å². The standard InChI is InChI=1S/C23H27NO5/c1-26-18-5-4-16(19(27-2)20(18)28-3)9-17-21(25)29-22(24-17)23-10-13-6-14(11-23)8-15(7-13)12-23/h4-5,9,13-15H,6-8,10-12H2,1-3H3/b17-9+. The zero-order chi connectivity index (χ0) is 20.2. The summed E-state index contributed by atoms with van der Waals surface area (Å²) in [5.41, 5.74) is 0.982. The normalized spacial score (nSPS) is 33.6. The molecule has 29 heavy (non-hydrogen) atoms. The second-order valence-electron chi connectivity index (χ2n) is 8.96. The molecule has 4 saturated carbocycles. The minimum Gasteiger partial charge on any atom is -0.493 e. The summed E-state index contributed by atoms with van der Waals surface area (Å²) < 4.78 is 22.1. The van der Waals surface area contributed by atoms with Crippen molar-refractivity contribution in [3.05, 3.63) is 23.4 Å². The molecule has 4 aliphatic carbocycles. The lowest BCUT2D eigenvalue weighted by atomic mass is 9.49. The summed E-state index contributed by atoms with van der Waals surface area (Å²) >= 11 is 0. The van der Waals surface area contributed by atoms with E-state index in [0.29, 0.717) is 34.4 Å². The molecule has 1 aromatic carbocycles. The van der Waals surface area contributed by atoms with Gasteiger partial charge in [0.05, 0.1) is 21.3 Å². The summed E-state index contributed by atoms with van der Waals surface area (Å²) in [6.07, 6.45) is 9.06. The number of cyclic esters (lactones) is 1. The van der Waals surface area contributed by atoms with Gasteiger partial charge in [-0.05, 0) is 74.5 Å². The fourth-order valence-electron chi connectivity index (χ4n) is 6.39. The maximum Gasteiger partial charge on any atom is 0.363 e. The molecule has 0 spiro atoms. The molecule has 1 aliphatic heterocycles. The Bertz CT molecular complexity index is 881. The van der Waals surface area contributed by atoms with Gasteiger partial charge >= 0.3 is 5.97 Å². The average Bonchev–Trinajstić information content (AvgIpc) is 3.07. The fraction of sp³-hybridized carbons (Fsp3) is 0.565. The Balaban J connectivity index is 1.50. The molecular formula is C23H27NO5. The van der Waals surface area contributed by atoms with Crippen LogP contribution in [0.3, 0.4) is 0 Å². The van der Waals surface area contributed by atoms with E-state index < -0.39 is 0 Å². The number of ether oxygens (including phenoxy) is 4. The number of hydrogen-bond acceptors (Lipinski definition) is 6. The van der Waals surface area contributed by atoms with E-state index in [1.165, 1.54) is 19.3 Å². The lowest BCUT2D eigenvalue weighted by molar-refractivity contribution is -0.131. The van der Waals surface area contributed by atoms with E-state index in [1.807, 2.05) is 6.07 Å². The number of rotatable bonds is 5. The second-order valence-corrected chi connectivity index (χ2v) is 8.96. The van der Waals surface area contributed by atoms with Gasteiger partial charge in [-0.2, -0.15) is 0 Å². The van der Waals surface area contributed by atoms with Gasteiger partial charge in [-0.3, -0.25) is 0 Å². The number of esters is 1. The van der Waals surface area contributed by atoms with Crippen LogP contribution in [0, 0.1) is 23.2 Å². The highest BCUT2D eigenvalue weighted by Gasteiger charge is 2.55. The zero-order valence-electron chi connectivity index (χ0n) is 17.2. The van der Waals surface area contributed by atoms with Crippen molar-refractivity contribution in [3.8, 4) is 17.2 Å². The largest absolute Gasteiger partial charge is 0.493 e. The van der Waals surface area contributed by atoms with Crippen LogP contribution in [0.2, 0.25) is 0 Å². The SMILES string of the molecule is COc1ccc(/C=C2/N=C(C34CC5CC(CC(C5)C3)C4)OC2=O)c(OC)c1OC. The van der Waals surface area contributed by atoms with Gasteiger partial charge in [0.25, 0.3) is 0 Å². The summed E-state index contributed by atoms with van der Waals surface area (Å²) in [6.45, 7) is 0. The maximum atomic E-state index is 12.7. The summed E-state index contributed by atoms with van der Waals surface area (Å²) in [4.78, 5) is 17.4. The first kappa shape index (κ1) is 18.5. The highest BCUT2D eigenvalue weighted by Crippen LogP contribution is 2.61. The van der Waals surface area contributed by atoms with E-state index in [0.717, 1.165) is 37.0 Å². The van der Waals surface area contributed by atoms with Crippen LogP contribution in [0.1, 0.15) is 44.1 Å². The Morgan fingerprint density at radius 2 is 1.59 bits per heavy atom. The molecule has 0 unspecified atom stereocenters. The number of carbonyl (C=O) groups is 1. The molecule has 6 heteroatoms. The van der Waals surface area contributed by atoms with Crippen LogP contribution in [0.5, 0.6) is 17.2 Å². The molecule has 0 aromatic heterocycles. The highest BCUT2D eigenvalue weighted by atomic mass is 16.6. The Labute approximate surface area is 170 Å². The third kappa shape index (κ3) is 2.92. The quantitative estimate of drug-likeness (QED) is 0.550. The van der Waals surface area contributed by atoms with Crippen molar-refractivity contribution in [1.82, 2.24) is 0 Å². The van der Waals surface area contributed by atoms with Gasteiger partial charge < -0.3 is 18.9 Å². The molecule has 0 saturated heterocycles. The first-order valence-corrected chi connectivity index (χ1v) is 10.4. The van der Waals surface area contributed by atoms with Crippen molar-refractivity contribution in [2.24, 2.45) is 28.2 Å². The van der Waals surface area contributed by atoms with Crippen molar-refractivity contribution >= 4 is 17.9 Å². The number of methoxy groups -OCH3 is 3. The van der Waals surface area contributed by atoms with Crippen molar-refractivity contribution in [2.75, 3.05) is 21.3 Å². The molecule has 1 aromatic rings. The molecule has 0 N–H and O–H groups in total. The molecule has 6 nitrogen and oxygen atoms in total. The third-order valence-corrected chi connectivity index (χ3v) is 7.14. The van der Waals surface area contributed by atoms with Crippen LogP contribution in [-0.2, 0) is 9.53 Å². The van der Waals surface area contributed by atoms with Crippen molar-refractivity contribution in [3.63, 3.8) is 0 Å². The summed E-state index contributed by atoms with van der Waals surface area (Å²) in [6, 6.07) is 3.62. The zero-order valence-corrected chi connectivity index (χ0v) is 17.2. The smallest absolute Gasteiger partial charge is 0.363 e. The third-order valence-electron chi connectivity index (χ3n) is 7.14. The lowest BCUT2D eigenvalue weighted by Crippen LogP contribution is -2.50. The van der Waals surface area contributed by atoms with Gasteiger partial charge in [0, 0.05) is 11.0 Å². The summed E-state index contributed by atoms with van der Waals surface area (Å²) in [5, 5.41) is 0. The summed E-state index contributed by atoms with van der Waals surface area (Å²) in [5.74, 6) is 4.12. The molecular weight excluding hydrogens is 370 g/mol. The predicted molar refractivity (Wildman–Crippen MR) is 108 cm³/mol. The van der Waals surface area contributed by atoms with Gasteiger partial charge in [-0.1, -0.05) is 0 Å². The summed E-state index contributed by atoms with van der Waals surface area (Å²) in [7, 11) is 4.70. The molecule has 4 bridgehead atoms. The average molecular weight is 397 g/mol. The minimum absolute atomic E-state index is 0.0400. The molecule has 154 valence electrons. The second kappa shape index (κ2) is 6.78. The van der Waals surface area contributed by atoms with Crippen LogP contribution >= 0.6 is 0 Å². The number of benzene rings is 1. The number of aliphatic imine (C=N–C) groups is 1. The molecule has 0 radical (unpaired) electrons. The van der Waals surface area contributed by atoms with Crippen molar-refractivity contribution < 1.29 is 23.7 Å². The number of carbonyl (C=O) groups excluding carboxylic acids is 1. The van der Waals surface area contributed by atoms with E-state index in [4.69, 9.17) is 23.9 Å². The Hall–Kier alpha value is -2.50. The molecule has 6 rings (SSSR count). The Kier molecular flexibility index (Phi) is 4.33. The van der Waals surface area contributed by atoms with Crippen LogP contribution in [0.15, 0.2) is 22.8 Å². The minimum atomic E-state index is -0.382. The Morgan fingerprint density at radius 1 is 0.966 bits per heavy atom. The predicted octanol–water partition coefficient (Wildman–Crippen LogP) is 4.23. The molecule has 5 aliphatic rings. The monoisotopic (exact) mass is 397 g/mol. The van der Waals surface area contributed by atoms with Crippen molar-refractivity contribution in [1.29, 1.82) is 0 Å². The number of nitrogens with zero attached hydrogens (tertiary/aromatic N) is 1. The molecule has 0 atom stereocenters. The molecule has 1 heterocycles. The van der Waals surface area contributed by atoms with E-state index >= 15 is 0 Å². The molecule has 4 fully saturated rings. The van der Waals surface area contributed by atoms with Gasteiger partial charge in [0.15, 0.2) is 17.2 Å². The van der Waals surface area contributed by atoms with Crippen LogP contribution < -0.4 is 14.2 Å². The first-order chi connectivity index (χ1) is 14.0. The van der Waals surface area contributed by atoms with Crippen LogP contribution in [0.25, 0.3) is 6.08 Å². The Morgan fingerprint density at radius 3 is 2.14 bits per heavy atom. The van der Waals surface area contributed by atoms with Gasteiger partial charge in [0.2, 0.25) is 11.6 Å². The van der Waals surface area contributed by atoms with Gasteiger partial charge in [-0.15, -0.1) is 0 Å². The first-order valence-electron chi connectivity index (χ1n) is 10.4. The number of hydrogen-bond donors (Lipinski definition) is 0. The van der Waals surface area contributed by atoms with Crippen molar-refractivity contribution in [2.45, 2.75) is 38.5 Å². The van der Waals surface area contributed by atoms with E-state index in [9.17, 15) is 4.79 Å². The van der Waals surface area contributed by atoms with Crippen LogP contribution in [0.4, 0.5) is 0 Å².